The Bertz CT molecular complexity index is 642. The van der Waals surface area contributed by atoms with Crippen molar-refractivity contribution < 1.29 is 9.59 Å². The normalized spacial score (nSPS) is 10.2. The highest BCUT2D eigenvalue weighted by atomic mass is 16.1. The molecule has 3 nitrogen and oxygen atoms in total. The summed E-state index contributed by atoms with van der Waals surface area (Å²) >= 11 is 0. The van der Waals surface area contributed by atoms with Crippen LogP contribution in [0.3, 0.4) is 0 Å². The van der Waals surface area contributed by atoms with Crippen LogP contribution in [-0.2, 0) is 9.59 Å². The second-order valence-corrected chi connectivity index (χ2v) is 7.74. The molecule has 0 radical (unpaired) electrons. The Hall–Kier alpha value is -2.68. The maximum atomic E-state index is 11.9. The second-order valence-electron chi connectivity index (χ2n) is 7.74. The van der Waals surface area contributed by atoms with Gasteiger partial charge in [-0.1, -0.05) is 87.8 Å². The molecule has 0 aliphatic heterocycles. The van der Waals surface area contributed by atoms with E-state index in [1.54, 1.807) is 0 Å². The molecule has 3 heteroatoms. The van der Waals surface area contributed by atoms with E-state index in [-0.39, 0.29) is 5.91 Å². The second kappa shape index (κ2) is 33.5. The predicted octanol–water partition coefficient (Wildman–Crippen LogP) is 9.95. The van der Waals surface area contributed by atoms with E-state index in [2.05, 4.69) is 61.9 Å². The van der Waals surface area contributed by atoms with E-state index in [4.69, 9.17) is 4.79 Å². The van der Waals surface area contributed by atoms with E-state index in [0.717, 1.165) is 24.9 Å². The fourth-order valence-corrected chi connectivity index (χ4v) is 3.02. The van der Waals surface area contributed by atoms with Crippen LogP contribution in [0.2, 0.25) is 0 Å². The molecule has 1 aromatic carbocycles. The summed E-state index contributed by atoms with van der Waals surface area (Å²) in [7, 11) is 0. The Balaban J connectivity index is -0.00000158. The van der Waals surface area contributed by atoms with Gasteiger partial charge in [-0.25, -0.2) is 0 Å². The highest BCUT2D eigenvalue weighted by Gasteiger charge is 2.00. The average Bonchev–Trinajstić information content (AvgIpc) is 2.91. The molecule has 1 aromatic rings. The van der Waals surface area contributed by atoms with Gasteiger partial charge >= 0.3 is 0 Å². The Morgan fingerprint density at radius 2 is 1.17 bits per heavy atom. The average molecular weight is 484 g/mol. The third kappa shape index (κ3) is 29.3. The van der Waals surface area contributed by atoms with Crippen molar-refractivity contribution in [1.29, 1.82) is 0 Å². The van der Waals surface area contributed by atoms with Crippen molar-refractivity contribution in [1.82, 2.24) is 0 Å². The summed E-state index contributed by atoms with van der Waals surface area (Å²) in [5, 5.41) is 2.95. The SMILES string of the molecule is C=C.C=O.CC.CCCCC/C=C\CCCC/C=C\C/C=C\CCCC(=O)Nc1ccc(C)cc1. The minimum atomic E-state index is 0.0953. The van der Waals surface area contributed by atoms with E-state index < -0.39 is 0 Å². The topological polar surface area (TPSA) is 46.2 Å². The van der Waals surface area contributed by atoms with Gasteiger partial charge in [0.1, 0.15) is 6.79 Å². The van der Waals surface area contributed by atoms with Gasteiger partial charge in [-0.2, -0.15) is 0 Å². The van der Waals surface area contributed by atoms with E-state index in [1.165, 1.54) is 56.9 Å². The highest BCUT2D eigenvalue weighted by molar-refractivity contribution is 5.90. The van der Waals surface area contributed by atoms with Gasteiger partial charge in [-0.15, -0.1) is 13.2 Å². The van der Waals surface area contributed by atoms with Crippen molar-refractivity contribution in [3.63, 3.8) is 0 Å². The van der Waals surface area contributed by atoms with Gasteiger partial charge in [0.05, 0.1) is 0 Å². The number of carbonyl (C=O) groups is 2. The number of hydrogen-bond acceptors (Lipinski definition) is 2. The molecule has 1 amide bonds. The molecule has 0 unspecified atom stereocenters. The zero-order valence-corrected chi connectivity index (χ0v) is 23.2. The predicted molar refractivity (Wildman–Crippen MR) is 158 cm³/mol. The van der Waals surface area contributed by atoms with E-state index >= 15 is 0 Å². The Morgan fingerprint density at radius 3 is 1.66 bits per heavy atom. The third-order valence-electron chi connectivity index (χ3n) is 4.85. The van der Waals surface area contributed by atoms with Crippen LogP contribution in [0, 0.1) is 6.92 Å². The van der Waals surface area contributed by atoms with Gasteiger partial charge in [0.15, 0.2) is 0 Å². The summed E-state index contributed by atoms with van der Waals surface area (Å²) in [6.45, 7) is 16.3. The van der Waals surface area contributed by atoms with Crippen molar-refractivity contribution in [2.75, 3.05) is 5.32 Å². The standard InChI is InChI=1S/C27H41NO.C2H6.C2H4.CH2O/c1-3-4-5-6-7-8-9-10-11-12-13-14-15-16-17-18-19-20-27(29)28-26-23-21-25(2)22-24-26;3*1-2/h7-8,13-14,16-17,21-24H,3-6,9-12,15,18-20H2,1-2H3,(H,28,29);1-2H3;1-2H2;1H2/b8-7-,14-13-,17-16-;;;. The summed E-state index contributed by atoms with van der Waals surface area (Å²) in [6, 6.07) is 7.92. The molecule has 35 heavy (non-hydrogen) atoms. The Kier molecular flexibility index (Phi) is 35.3. The molecule has 0 bridgehead atoms. The Morgan fingerprint density at radius 1 is 0.743 bits per heavy atom. The number of hydrogen-bond donors (Lipinski definition) is 1. The lowest BCUT2D eigenvalue weighted by molar-refractivity contribution is -0.116. The first-order valence-electron chi connectivity index (χ1n) is 13.3. The van der Waals surface area contributed by atoms with Crippen molar-refractivity contribution in [2.45, 2.75) is 105 Å². The number of aryl methyl sites for hydroxylation is 1. The molecule has 0 heterocycles. The van der Waals surface area contributed by atoms with Crippen LogP contribution in [0.5, 0.6) is 0 Å². The quantitative estimate of drug-likeness (QED) is 0.188. The summed E-state index contributed by atoms with van der Waals surface area (Å²) < 4.78 is 0. The van der Waals surface area contributed by atoms with Crippen molar-refractivity contribution in [2.24, 2.45) is 0 Å². The molecule has 0 saturated heterocycles. The molecule has 0 atom stereocenters. The fourth-order valence-electron chi connectivity index (χ4n) is 3.02. The smallest absolute Gasteiger partial charge is 0.224 e. The van der Waals surface area contributed by atoms with Crippen LogP contribution in [-0.4, -0.2) is 12.7 Å². The van der Waals surface area contributed by atoms with E-state index in [1.807, 2.05) is 51.8 Å². The number of anilines is 1. The Labute approximate surface area is 217 Å². The van der Waals surface area contributed by atoms with Crippen LogP contribution in [0.4, 0.5) is 5.69 Å². The number of amides is 1. The number of unbranched alkanes of at least 4 members (excludes halogenated alkanes) is 7. The van der Waals surface area contributed by atoms with Crippen LogP contribution < -0.4 is 5.32 Å². The van der Waals surface area contributed by atoms with Gasteiger partial charge in [0.25, 0.3) is 0 Å². The van der Waals surface area contributed by atoms with Crippen molar-refractivity contribution >= 4 is 18.4 Å². The molecule has 0 saturated carbocycles. The molecular weight excluding hydrogens is 430 g/mol. The van der Waals surface area contributed by atoms with Gasteiger partial charge in [-0.3, -0.25) is 4.79 Å². The van der Waals surface area contributed by atoms with Crippen LogP contribution in [0.1, 0.15) is 103 Å². The molecule has 198 valence electrons. The van der Waals surface area contributed by atoms with Gasteiger partial charge in [0, 0.05) is 12.1 Å². The molecule has 0 fully saturated rings. The number of allylic oxidation sites excluding steroid dienone is 6. The summed E-state index contributed by atoms with van der Waals surface area (Å²) in [4.78, 5) is 19.9. The van der Waals surface area contributed by atoms with Gasteiger partial charge in [-0.05, 0) is 76.8 Å². The van der Waals surface area contributed by atoms with Crippen LogP contribution >= 0.6 is 0 Å². The molecule has 0 aliphatic carbocycles. The number of carbonyl (C=O) groups excluding carboxylic acids is 2. The maximum absolute atomic E-state index is 11.9. The van der Waals surface area contributed by atoms with Gasteiger partial charge < -0.3 is 10.1 Å². The third-order valence-corrected chi connectivity index (χ3v) is 4.85. The number of nitrogens with one attached hydrogen (secondary N) is 1. The lowest BCUT2D eigenvalue weighted by Gasteiger charge is -2.04. The maximum Gasteiger partial charge on any atom is 0.224 e. The van der Waals surface area contributed by atoms with Crippen molar-refractivity contribution in [3.8, 4) is 0 Å². The van der Waals surface area contributed by atoms with E-state index in [9.17, 15) is 4.79 Å². The first kappa shape index (κ1) is 36.9. The fraction of sp³-hybridized carbons (Fsp3) is 0.500. The molecule has 0 spiro atoms. The first-order chi connectivity index (χ1) is 17.2. The summed E-state index contributed by atoms with van der Waals surface area (Å²) in [6.07, 6.45) is 27.3. The minimum absolute atomic E-state index is 0.0953. The van der Waals surface area contributed by atoms with E-state index in [0.29, 0.717) is 6.42 Å². The monoisotopic (exact) mass is 483 g/mol. The van der Waals surface area contributed by atoms with Crippen LogP contribution in [0.15, 0.2) is 73.9 Å². The molecule has 0 aliphatic rings. The molecule has 0 aromatic heterocycles. The first-order valence-corrected chi connectivity index (χ1v) is 13.3. The van der Waals surface area contributed by atoms with Crippen molar-refractivity contribution in [3.05, 3.63) is 79.4 Å². The number of benzene rings is 1. The van der Waals surface area contributed by atoms with Gasteiger partial charge in [0.2, 0.25) is 5.91 Å². The lowest BCUT2D eigenvalue weighted by atomic mass is 10.1. The van der Waals surface area contributed by atoms with Crippen LogP contribution in [0.25, 0.3) is 0 Å². The lowest BCUT2D eigenvalue weighted by Crippen LogP contribution is -2.10. The largest absolute Gasteiger partial charge is 0.326 e. The molecule has 1 N–H and O–H groups in total. The highest BCUT2D eigenvalue weighted by Crippen LogP contribution is 2.10. The minimum Gasteiger partial charge on any atom is -0.326 e. The summed E-state index contributed by atoms with van der Waals surface area (Å²) in [5.41, 5.74) is 2.08. The zero-order chi connectivity index (χ0) is 27.0. The molecule has 1 rings (SSSR count). The zero-order valence-electron chi connectivity index (χ0n) is 23.2. The number of rotatable bonds is 16. The summed E-state index contributed by atoms with van der Waals surface area (Å²) in [5.74, 6) is 0.0953. The molecular formula is C32H53NO2.